The van der Waals surface area contributed by atoms with Gasteiger partial charge in [-0.2, -0.15) is 0 Å². The normalized spacial score (nSPS) is 21.4. The quantitative estimate of drug-likeness (QED) is 0.829. The molecule has 0 bridgehead atoms. The fourth-order valence-electron chi connectivity index (χ4n) is 4.72. The van der Waals surface area contributed by atoms with Crippen molar-refractivity contribution in [3.05, 3.63) is 17.5 Å². The van der Waals surface area contributed by atoms with Crippen molar-refractivity contribution >= 4 is 23.1 Å². The molecule has 5 nitrogen and oxygen atoms in total. The standard InChI is InChI=1S/C21H29N3O2/c25-18-11-10-16-19(18)22-14-17(20(16)24-12-6-3-7-13-24)23-21(26)15-8-4-1-2-5-9-15/h14-15H,1-13H2,(H,23,26). The molecule has 26 heavy (non-hydrogen) atoms. The maximum atomic E-state index is 12.9. The first-order chi connectivity index (χ1) is 12.7. The minimum absolute atomic E-state index is 0.113. The van der Waals surface area contributed by atoms with E-state index in [1.54, 1.807) is 6.20 Å². The Bertz CT molecular complexity index is 687. The molecule has 1 amide bonds. The minimum Gasteiger partial charge on any atom is -0.370 e. The number of ketones is 1. The van der Waals surface area contributed by atoms with E-state index in [1.807, 2.05) is 0 Å². The monoisotopic (exact) mass is 355 g/mol. The second kappa shape index (κ2) is 7.77. The molecule has 0 radical (unpaired) electrons. The molecule has 1 aliphatic heterocycles. The van der Waals surface area contributed by atoms with Gasteiger partial charge < -0.3 is 10.2 Å². The molecule has 2 fully saturated rings. The van der Waals surface area contributed by atoms with Gasteiger partial charge in [-0.05, 0) is 38.5 Å². The molecule has 1 saturated carbocycles. The highest BCUT2D eigenvalue weighted by Crippen LogP contribution is 2.38. The molecule has 140 valence electrons. The number of hydrogen-bond donors (Lipinski definition) is 1. The van der Waals surface area contributed by atoms with E-state index in [2.05, 4.69) is 15.2 Å². The van der Waals surface area contributed by atoms with E-state index in [9.17, 15) is 9.59 Å². The highest BCUT2D eigenvalue weighted by molar-refractivity contribution is 6.03. The predicted molar refractivity (Wildman–Crippen MR) is 103 cm³/mol. The van der Waals surface area contributed by atoms with Crippen LogP contribution in [0.2, 0.25) is 0 Å². The van der Waals surface area contributed by atoms with Crippen molar-refractivity contribution in [3.63, 3.8) is 0 Å². The third-order valence-corrected chi connectivity index (χ3v) is 6.17. The SMILES string of the molecule is O=C1CCc2c1ncc(NC(=O)C1CCCCCC1)c2N1CCCCC1. The van der Waals surface area contributed by atoms with Gasteiger partial charge in [0, 0.05) is 31.0 Å². The Morgan fingerprint density at radius 3 is 2.42 bits per heavy atom. The molecule has 1 N–H and O–H groups in total. The van der Waals surface area contributed by atoms with Crippen molar-refractivity contribution in [2.75, 3.05) is 23.3 Å². The molecule has 1 saturated heterocycles. The van der Waals surface area contributed by atoms with Gasteiger partial charge in [-0.15, -0.1) is 0 Å². The van der Waals surface area contributed by atoms with Crippen LogP contribution in [0, 0.1) is 5.92 Å². The van der Waals surface area contributed by atoms with Gasteiger partial charge in [-0.1, -0.05) is 25.7 Å². The zero-order valence-electron chi connectivity index (χ0n) is 15.6. The van der Waals surface area contributed by atoms with Gasteiger partial charge >= 0.3 is 0 Å². The Labute approximate surface area is 155 Å². The van der Waals surface area contributed by atoms with Crippen LogP contribution in [0.25, 0.3) is 0 Å². The zero-order chi connectivity index (χ0) is 17.9. The molecule has 0 spiro atoms. The van der Waals surface area contributed by atoms with Gasteiger partial charge in [0.1, 0.15) is 5.69 Å². The molecule has 0 atom stereocenters. The van der Waals surface area contributed by atoms with Crippen LogP contribution in [0.15, 0.2) is 6.20 Å². The van der Waals surface area contributed by atoms with Crippen molar-refractivity contribution in [1.29, 1.82) is 0 Å². The lowest BCUT2D eigenvalue weighted by molar-refractivity contribution is -0.120. The lowest BCUT2D eigenvalue weighted by Crippen LogP contribution is -2.32. The summed E-state index contributed by atoms with van der Waals surface area (Å²) in [4.78, 5) is 31.8. The number of carbonyl (C=O) groups is 2. The van der Waals surface area contributed by atoms with Crippen LogP contribution in [-0.4, -0.2) is 29.8 Å². The molecule has 3 aliphatic rings. The molecule has 4 rings (SSSR count). The van der Waals surface area contributed by atoms with Crippen molar-refractivity contribution in [3.8, 4) is 0 Å². The number of rotatable bonds is 3. The summed E-state index contributed by atoms with van der Waals surface area (Å²) in [5.74, 6) is 0.387. The van der Waals surface area contributed by atoms with Gasteiger partial charge in [0.05, 0.1) is 17.6 Å². The molecular formula is C21H29N3O2. The van der Waals surface area contributed by atoms with E-state index in [0.717, 1.165) is 62.1 Å². The Morgan fingerprint density at radius 1 is 1.00 bits per heavy atom. The topological polar surface area (TPSA) is 62.3 Å². The van der Waals surface area contributed by atoms with E-state index in [-0.39, 0.29) is 17.6 Å². The van der Waals surface area contributed by atoms with Crippen molar-refractivity contribution < 1.29 is 9.59 Å². The molecular weight excluding hydrogens is 326 g/mol. The Morgan fingerprint density at radius 2 is 1.69 bits per heavy atom. The number of Topliss-reactive ketones (excluding diaryl/α,β-unsaturated/α-hetero) is 1. The predicted octanol–water partition coefficient (Wildman–Crippen LogP) is 4.11. The van der Waals surface area contributed by atoms with Crippen LogP contribution in [0.4, 0.5) is 11.4 Å². The van der Waals surface area contributed by atoms with Crippen molar-refractivity contribution in [1.82, 2.24) is 4.98 Å². The average Bonchev–Trinajstić information content (AvgIpc) is 2.87. The first kappa shape index (κ1) is 17.5. The number of aromatic nitrogens is 1. The number of hydrogen-bond acceptors (Lipinski definition) is 4. The van der Waals surface area contributed by atoms with Crippen LogP contribution in [0.1, 0.15) is 80.3 Å². The zero-order valence-corrected chi connectivity index (χ0v) is 15.6. The summed E-state index contributed by atoms with van der Waals surface area (Å²) in [6.45, 7) is 1.99. The summed E-state index contributed by atoms with van der Waals surface area (Å²) in [6, 6.07) is 0. The number of amides is 1. The van der Waals surface area contributed by atoms with Crippen molar-refractivity contribution in [2.24, 2.45) is 5.92 Å². The number of nitrogens with zero attached hydrogens (tertiary/aromatic N) is 2. The maximum Gasteiger partial charge on any atom is 0.227 e. The average molecular weight is 355 g/mol. The van der Waals surface area contributed by atoms with Crippen LogP contribution < -0.4 is 10.2 Å². The summed E-state index contributed by atoms with van der Waals surface area (Å²) < 4.78 is 0. The molecule has 5 heteroatoms. The summed E-state index contributed by atoms with van der Waals surface area (Å²) in [7, 11) is 0. The minimum atomic E-state index is 0.113. The lowest BCUT2D eigenvalue weighted by Gasteiger charge is -2.32. The van der Waals surface area contributed by atoms with Gasteiger partial charge in [0.15, 0.2) is 5.78 Å². The van der Waals surface area contributed by atoms with Gasteiger partial charge in [0.2, 0.25) is 5.91 Å². The summed E-state index contributed by atoms with van der Waals surface area (Å²) in [5.41, 5.74) is 3.56. The highest BCUT2D eigenvalue weighted by Gasteiger charge is 2.30. The van der Waals surface area contributed by atoms with E-state index in [0.29, 0.717) is 12.1 Å². The van der Waals surface area contributed by atoms with Crippen LogP contribution in [0.5, 0.6) is 0 Å². The molecule has 2 aliphatic carbocycles. The smallest absolute Gasteiger partial charge is 0.227 e. The Balaban J connectivity index is 1.62. The lowest BCUT2D eigenvalue weighted by atomic mass is 9.99. The van der Waals surface area contributed by atoms with Gasteiger partial charge in [-0.3, -0.25) is 14.6 Å². The first-order valence-electron chi connectivity index (χ1n) is 10.3. The third kappa shape index (κ3) is 3.49. The molecule has 0 unspecified atom stereocenters. The van der Waals surface area contributed by atoms with Crippen LogP contribution in [0.3, 0.4) is 0 Å². The number of pyridine rings is 1. The third-order valence-electron chi connectivity index (χ3n) is 6.17. The van der Waals surface area contributed by atoms with E-state index in [1.165, 1.54) is 32.1 Å². The Hall–Kier alpha value is -1.91. The summed E-state index contributed by atoms with van der Waals surface area (Å²) in [6.07, 6.45) is 13.4. The Kier molecular flexibility index (Phi) is 5.23. The largest absolute Gasteiger partial charge is 0.370 e. The fourth-order valence-corrected chi connectivity index (χ4v) is 4.72. The second-order valence-corrected chi connectivity index (χ2v) is 8.00. The van der Waals surface area contributed by atoms with E-state index in [4.69, 9.17) is 0 Å². The van der Waals surface area contributed by atoms with Crippen molar-refractivity contribution in [2.45, 2.75) is 70.6 Å². The maximum absolute atomic E-state index is 12.9. The van der Waals surface area contributed by atoms with Gasteiger partial charge in [-0.25, -0.2) is 0 Å². The van der Waals surface area contributed by atoms with Gasteiger partial charge in [0.25, 0.3) is 0 Å². The van der Waals surface area contributed by atoms with E-state index < -0.39 is 0 Å². The van der Waals surface area contributed by atoms with Crippen LogP contribution >= 0.6 is 0 Å². The number of fused-ring (bicyclic) bond motifs is 1. The summed E-state index contributed by atoms with van der Waals surface area (Å²) in [5, 5.41) is 3.20. The number of carbonyl (C=O) groups excluding carboxylic acids is 2. The number of piperidine rings is 1. The first-order valence-corrected chi connectivity index (χ1v) is 10.3. The van der Waals surface area contributed by atoms with E-state index >= 15 is 0 Å². The second-order valence-electron chi connectivity index (χ2n) is 8.00. The molecule has 1 aromatic rings. The van der Waals surface area contributed by atoms with Crippen LogP contribution in [-0.2, 0) is 11.2 Å². The highest BCUT2D eigenvalue weighted by atomic mass is 16.2. The molecule has 1 aromatic heterocycles. The molecule has 0 aromatic carbocycles. The number of anilines is 2. The summed E-state index contributed by atoms with van der Waals surface area (Å²) >= 11 is 0. The number of nitrogens with one attached hydrogen (secondary N) is 1. The molecule has 2 heterocycles. The fraction of sp³-hybridized carbons (Fsp3) is 0.667.